The predicted octanol–water partition coefficient (Wildman–Crippen LogP) is 1.69. The van der Waals surface area contributed by atoms with Gasteiger partial charge in [-0.25, -0.2) is 12.8 Å². The maximum atomic E-state index is 13.2. The van der Waals surface area contributed by atoms with Gasteiger partial charge in [0.25, 0.3) is 10.0 Å². The number of halogens is 2. The molecule has 0 radical (unpaired) electrons. The summed E-state index contributed by atoms with van der Waals surface area (Å²) < 4.78 is 39.5. The van der Waals surface area contributed by atoms with E-state index in [-0.39, 0.29) is 20.7 Å². The Morgan fingerprint density at radius 2 is 2.17 bits per heavy atom. The number of rotatable bonds is 3. The number of aromatic amines is 1. The van der Waals surface area contributed by atoms with Crippen molar-refractivity contribution in [1.82, 2.24) is 10.2 Å². The lowest BCUT2D eigenvalue weighted by atomic mass is 10.3. The average molecular weight is 335 g/mol. The van der Waals surface area contributed by atoms with Gasteiger partial charge in [0.15, 0.2) is 0 Å². The molecule has 0 aliphatic carbocycles. The molecule has 18 heavy (non-hydrogen) atoms. The van der Waals surface area contributed by atoms with Crippen LogP contribution in [0, 0.1) is 5.82 Å². The van der Waals surface area contributed by atoms with Crippen LogP contribution in [0.1, 0.15) is 0 Å². The molecular weight excluding hydrogens is 327 g/mol. The van der Waals surface area contributed by atoms with Crippen molar-refractivity contribution in [3.05, 3.63) is 34.8 Å². The number of nitrogen functional groups attached to an aromatic ring is 1. The molecule has 0 unspecified atom stereocenters. The summed E-state index contributed by atoms with van der Waals surface area (Å²) in [6, 6.07) is 2.04. The van der Waals surface area contributed by atoms with Crippen molar-refractivity contribution in [3.8, 4) is 0 Å². The summed E-state index contributed by atoms with van der Waals surface area (Å²) in [5.41, 5.74) is 5.59. The average Bonchev–Trinajstić information content (AvgIpc) is 2.75. The van der Waals surface area contributed by atoms with Crippen molar-refractivity contribution >= 4 is 37.3 Å². The maximum Gasteiger partial charge on any atom is 0.264 e. The lowest BCUT2D eigenvalue weighted by Gasteiger charge is -2.09. The van der Waals surface area contributed by atoms with Gasteiger partial charge in [0.05, 0.1) is 22.0 Å². The first-order valence-corrected chi connectivity index (χ1v) is 6.94. The summed E-state index contributed by atoms with van der Waals surface area (Å²) in [6.45, 7) is 0. The fourth-order valence-electron chi connectivity index (χ4n) is 1.29. The molecule has 0 amide bonds. The normalized spacial score (nSPS) is 11.4. The minimum absolute atomic E-state index is 0.0178. The molecule has 1 aromatic heterocycles. The van der Waals surface area contributed by atoms with Gasteiger partial charge in [0, 0.05) is 6.20 Å². The molecule has 6 nitrogen and oxygen atoms in total. The van der Waals surface area contributed by atoms with Crippen molar-refractivity contribution < 1.29 is 12.8 Å². The fourth-order valence-corrected chi connectivity index (χ4v) is 2.96. The summed E-state index contributed by atoms with van der Waals surface area (Å²) in [7, 11) is -3.88. The van der Waals surface area contributed by atoms with E-state index >= 15 is 0 Å². The first-order valence-electron chi connectivity index (χ1n) is 4.66. The van der Waals surface area contributed by atoms with E-state index in [4.69, 9.17) is 5.73 Å². The van der Waals surface area contributed by atoms with Crippen LogP contribution in [0.5, 0.6) is 0 Å². The first kappa shape index (κ1) is 12.8. The van der Waals surface area contributed by atoms with E-state index < -0.39 is 15.8 Å². The van der Waals surface area contributed by atoms with E-state index in [1.807, 2.05) is 0 Å². The zero-order chi connectivity index (χ0) is 13.3. The van der Waals surface area contributed by atoms with Crippen LogP contribution in [0.3, 0.4) is 0 Å². The molecule has 0 fully saturated rings. The Morgan fingerprint density at radius 1 is 1.44 bits per heavy atom. The van der Waals surface area contributed by atoms with Crippen LogP contribution >= 0.6 is 15.9 Å². The molecular formula is C9H8BrFN4O2S. The molecule has 0 aliphatic rings. The summed E-state index contributed by atoms with van der Waals surface area (Å²) >= 11 is 2.91. The number of sulfonamides is 1. The molecule has 0 spiro atoms. The summed E-state index contributed by atoms with van der Waals surface area (Å²) in [5, 5.41) is 6.06. The Labute approximate surface area is 111 Å². The second-order valence-electron chi connectivity index (χ2n) is 3.40. The maximum absolute atomic E-state index is 13.2. The minimum Gasteiger partial charge on any atom is -0.398 e. The monoisotopic (exact) mass is 334 g/mol. The van der Waals surface area contributed by atoms with Gasteiger partial charge in [0.1, 0.15) is 10.7 Å². The third kappa shape index (κ3) is 2.46. The smallest absolute Gasteiger partial charge is 0.264 e. The highest BCUT2D eigenvalue weighted by Crippen LogP contribution is 2.27. The van der Waals surface area contributed by atoms with Crippen molar-refractivity contribution in [2.45, 2.75) is 4.90 Å². The van der Waals surface area contributed by atoms with Gasteiger partial charge >= 0.3 is 0 Å². The molecule has 0 bridgehead atoms. The van der Waals surface area contributed by atoms with Crippen molar-refractivity contribution in [2.75, 3.05) is 10.5 Å². The molecule has 0 aliphatic heterocycles. The molecule has 0 saturated heterocycles. The van der Waals surface area contributed by atoms with E-state index in [1.165, 1.54) is 12.4 Å². The standard InChI is InChI=1S/C9H8BrFN4O2S/c10-6-1-9(8(12)2-7(6)11)18(16,17)15-5-3-13-14-4-5/h1-4,15H,12H2,(H,13,14). The van der Waals surface area contributed by atoms with Crippen LogP contribution in [0.2, 0.25) is 0 Å². The van der Waals surface area contributed by atoms with Gasteiger partial charge in [-0.05, 0) is 28.1 Å². The second kappa shape index (κ2) is 4.58. The van der Waals surface area contributed by atoms with Gasteiger partial charge in [-0.3, -0.25) is 9.82 Å². The number of anilines is 2. The largest absolute Gasteiger partial charge is 0.398 e. The Balaban J connectivity index is 2.44. The number of nitrogens with two attached hydrogens (primary N) is 1. The Kier molecular flexibility index (Phi) is 3.26. The first-order chi connectivity index (χ1) is 8.40. The Morgan fingerprint density at radius 3 is 2.78 bits per heavy atom. The molecule has 1 heterocycles. The van der Waals surface area contributed by atoms with Crippen molar-refractivity contribution in [1.29, 1.82) is 0 Å². The summed E-state index contributed by atoms with van der Waals surface area (Å²) in [4.78, 5) is -0.211. The molecule has 2 aromatic rings. The number of hydrogen-bond donors (Lipinski definition) is 3. The summed E-state index contributed by atoms with van der Waals surface area (Å²) in [5.74, 6) is -0.630. The van der Waals surface area contributed by atoms with Crippen LogP contribution in [0.25, 0.3) is 0 Å². The number of nitrogens with one attached hydrogen (secondary N) is 2. The van der Waals surface area contributed by atoms with Gasteiger partial charge in [-0.1, -0.05) is 0 Å². The lowest BCUT2D eigenvalue weighted by Crippen LogP contribution is -2.14. The Bertz CT molecular complexity index is 672. The van der Waals surface area contributed by atoms with E-state index in [1.54, 1.807) is 0 Å². The molecule has 4 N–H and O–H groups in total. The third-order valence-electron chi connectivity index (χ3n) is 2.09. The van der Waals surface area contributed by atoms with Crippen LogP contribution in [0.4, 0.5) is 15.8 Å². The number of nitrogens with zero attached hydrogens (tertiary/aromatic N) is 1. The van der Waals surface area contributed by atoms with E-state index in [0.717, 1.165) is 12.1 Å². The number of aromatic nitrogens is 2. The zero-order valence-electron chi connectivity index (χ0n) is 8.81. The minimum atomic E-state index is -3.88. The number of hydrogen-bond acceptors (Lipinski definition) is 4. The highest BCUT2D eigenvalue weighted by atomic mass is 79.9. The highest BCUT2D eigenvalue weighted by Gasteiger charge is 2.20. The molecule has 0 saturated carbocycles. The predicted molar refractivity (Wildman–Crippen MR) is 67.9 cm³/mol. The number of benzene rings is 1. The third-order valence-corrected chi connectivity index (χ3v) is 4.14. The molecule has 2 rings (SSSR count). The SMILES string of the molecule is Nc1cc(F)c(Br)cc1S(=O)(=O)Nc1cn[nH]c1. The van der Waals surface area contributed by atoms with E-state index in [0.29, 0.717) is 0 Å². The second-order valence-corrected chi connectivity index (χ2v) is 5.90. The van der Waals surface area contributed by atoms with Gasteiger partial charge in [-0.15, -0.1) is 0 Å². The van der Waals surface area contributed by atoms with Crippen LogP contribution in [-0.2, 0) is 10.0 Å². The molecule has 0 atom stereocenters. The van der Waals surface area contributed by atoms with E-state index in [2.05, 4.69) is 30.8 Å². The fraction of sp³-hybridized carbons (Fsp3) is 0. The van der Waals surface area contributed by atoms with Gasteiger partial charge in [0.2, 0.25) is 0 Å². The number of H-pyrrole nitrogens is 1. The molecule has 1 aromatic carbocycles. The van der Waals surface area contributed by atoms with Gasteiger partial charge in [-0.2, -0.15) is 5.10 Å². The molecule has 9 heteroatoms. The van der Waals surface area contributed by atoms with Crippen molar-refractivity contribution in [3.63, 3.8) is 0 Å². The lowest BCUT2D eigenvalue weighted by molar-refractivity contribution is 0.599. The van der Waals surface area contributed by atoms with E-state index in [9.17, 15) is 12.8 Å². The van der Waals surface area contributed by atoms with Crippen LogP contribution in [-0.4, -0.2) is 18.6 Å². The van der Waals surface area contributed by atoms with Crippen LogP contribution < -0.4 is 10.5 Å². The quantitative estimate of drug-likeness (QED) is 0.743. The van der Waals surface area contributed by atoms with Crippen molar-refractivity contribution in [2.24, 2.45) is 0 Å². The van der Waals surface area contributed by atoms with Crippen LogP contribution in [0.15, 0.2) is 33.9 Å². The van der Waals surface area contributed by atoms with Gasteiger partial charge < -0.3 is 5.73 Å². The molecule has 96 valence electrons. The Hall–Kier alpha value is -1.61. The summed E-state index contributed by atoms with van der Waals surface area (Å²) in [6.07, 6.45) is 2.67. The topological polar surface area (TPSA) is 101 Å². The zero-order valence-corrected chi connectivity index (χ0v) is 11.2. The highest BCUT2D eigenvalue weighted by molar-refractivity contribution is 9.10.